The molecule has 0 radical (unpaired) electrons. The molecule has 1 N–H and O–H groups in total. The first-order chi connectivity index (χ1) is 13.4. The summed E-state index contributed by atoms with van der Waals surface area (Å²) >= 11 is 1.21. The van der Waals surface area contributed by atoms with Crippen LogP contribution in [0.1, 0.15) is 24.5 Å². The lowest BCUT2D eigenvalue weighted by molar-refractivity contribution is -0.384. The Balaban J connectivity index is 1.46. The molecule has 0 bridgehead atoms. The van der Waals surface area contributed by atoms with E-state index in [0.29, 0.717) is 10.6 Å². The van der Waals surface area contributed by atoms with Crippen LogP contribution < -0.4 is 5.32 Å². The van der Waals surface area contributed by atoms with Gasteiger partial charge in [-0.2, -0.15) is 0 Å². The van der Waals surface area contributed by atoms with Gasteiger partial charge in [-0.15, -0.1) is 11.8 Å². The van der Waals surface area contributed by atoms with Crippen molar-refractivity contribution in [2.45, 2.75) is 36.3 Å². The maximum atomic E-state index is 12.1. The van der Waals surface area contributed by atoms with Gasteiger partial charge in [-0.3, -0.25) is 19.7 Å². The highest BCUT2D eigenvalue weighted by atomic mass is 32.2. The van der Waals surface area contributed by atoms with Gasteiger partial charge >= 0.3 is 5.97 Å². The molecular formula is C20H20N2O5S. The van der Waals surface area contributed by atoms with Crippen molar-refractivity contribution in [2.75, 3.05) is 11.9 Å². The van der Waals surface area contributed by atoms with E-state index in [1.54, 1.807) is 19.1 Å². The topological polar surface area (TPSA) is 98.5 Å². The smallest absolute Gasteiger partial charge is 0.319 e. The number of non-ortho nitro benzene ring substituents is 1. The van der Waals surface area contributed by atoms with Crippen LogP contribution in [0.25, 0.3) is 0 Å². The van der Waals surface area contributed by atoms with Gasteiger partial charge in [0.2, 0.25) is 0 Å². The second-order valence-electron chi connectivity index (χ2n) is 6.50. The molecule has 0 aromatic heterocycles. The minimum Gasteiger partial charge on any atom is -0.455 e. The Morgan fingerprint density at radius 2 is 1.89 bits per heavy atom. The molecule has 2 aromatic rings. The first kappa shape index (κ1) is 19.9. The predicted molar refractivity (Wildman–Crippen MR) is 106 cm³/mol. The lowest BCUT2D eigenvalue weighted by Gasteiger charge is -2.12. The van der Waals surface area contributed by atoms with Gasteiger partial charge in [0.1, 0.15) is 5.25 Å². The monoisotopic (exact) mass is 400 g/mol. The molecule has 1 aliphatic carbocycles. The number of carbonyl (C=O) groups is 2. The van der Waals surface area contributed by atoms with Crippen molar-refractivity contribution in [3.05, 3.63) is 63.7 Å². The van der Waals surface area contributed by atoms with E-state index >= 15 is 0 Å². The SMILES string of the molecule is C[C@H](Sc1ccc([N+](=O)[O-])cc1)C(=O)OCC(=O)Nc1ccc2c(c1)CCC2. The van der Waals surface area contributed by atoms with Crippen molar-refractivity contribution < 1.29 is 19.2 Å². The molecule has 2 aromatic carbocycles. The van der Waals surface area contributed by atoms with Crippen LogP contribution in [0.15, 0.2) is 47.4 Å². The third kappa shape index (κ3) is 5.10. The minimum absolute atomic E-state index is 0.0113. The molecule has 0 saturated carbocycles. The zero-order valence-corrected chi connectivity index (χ0v) is 16.2. The zero-order chi connectivity index (χ0) is 20.1. The molecule has 28 heavy (non-hydrogen) atoms. The van der Waals surface area contributed by atoms with E-state index in [0.717, 1.165) is 19.3 Å². The first-order valence-corrected chi connectivity index (χ1v) is 9.80. The summed E-state index contributed by atoms with van der Waals surface area (Å²) in [6.07, 6.45) is 3.23. The van der Waals surface area contributed by atoms with E-state index in [4.69, 9.17) is 4.74 Å². The van der Waals surface area contributed by atoms with Gasteiger partial charge in [0.15, 0.2) is 6.61 Å². The van der Waals surface area contributed by atoms with Crippen molar-refractivity contribution >= 4 is 35.0 Å². The number of nitro groups is 1. The van der Waals surface area contributed by atoms with Gasteiger partial charge in [-0.05, 0) is 61.6 Å². The molecule has 0 heterocycles. The Hall–Kier alpha value is -2.87. The van der Waals surface area contributed by atoms with Crippen LogP contribution in [0.2, 0.25) is 0 Å². The van der Waals surface area contributed by atoms with Gasteiger partial charge in [-0.1, -0.05) is 6.07 Å². The van der Waals surface area contributed by atoms with Crippen LogP contribution in [0.3, 0.4) is 0 Å². The van der Waals surface area contributed by atoms with Crippen molar-refractivity contribution in [2.24, 2.45) is 0 Å². The fraction of sp³-hybridized carbons (Fsp3) is 0.300. The minimum atomic E-state index is -0.547. The van der Waals surface area contributed by atoms with Crippen molar-refractivity contribution in [3.63, 3.8) is 0 Å². The van der Waals surface area contributed by atoms with Crippen molar-refractivity contribution in [1.29, 1.82) is 0 Å². The number of benzene rings is 2. The van der Waals surface area contributed by atoms with Crippen LogP contribution in [-0.4, -0.2) is 28.7 Å². The fourth-order valence-corrected chi connectivity index (χ4v) is 3.87. The van der Waals surface area contributed by atoms with E-state index < -0.39 is 16.1 Å². The number of amides is 1. The number of ether oxygens (including phenoxy) is 1. The number of thioether (sulfide) groups is 1. The number of aryl methyl sites for hydroxylation is 2. The molecule has 8 heteroatoms. The molecule has 7 nitrogen and oxygen atoms in total. The maximum absolute atomic E-state index is 12.1. The molecule has 0 saturated heterocycles. The van der Waals surface area contributed by atoms with Gasteiger partial charge in [0.25, 0.3) is 11.6 Å². The Bertz CT molecular complexity index is 898. The molecule has 3 rings (SSSR count). The Morgan fingerprint density at radius 3 is 2.61 bits per heavy atom. The Morgan fingerprint density at radius 1 is 1.18 bits per heavy atom. The second kappa shape index (κ2) is 8.88. The Kier molecular flexibility index (Phi) is 6.30. The van der Waals surface area contributed by atoms with Crippen LogP contribution in [0.5, 0.6) is 0 Å². The molecule has 1 aliphatic rings. The number of hydrogen-bond donors (Lipinski definition) is 1. The molecular weight excluding hydrogens is 380 g/mol. The summed E-state index contributed by atoms with van der Waals surface area (Å²) in [4.78, 5) is 35.0. The summed E-state index contributed by atoms with van der Waals surface area (Å²) in [7, 11) is 0. The summed E-state index contributed by atoms with van der Waals surface area (Å²) in [6, 6.07) is 11.8. The van der Waals surface area contributed by atoms with Gasteiger partial charge in [0, 0.05) is 22.7 Å². The van der Waals surface area contributed by atoms with Gasteiger partial charge in [0.05, 0.1) is 4.92 Å². The fourth-order valence-electron chi connectivity index (χ4n) is 3.00. The average Bonchev–Trinajstić information content (AvgIpc) is 3.14. The summed E-state index contributed by atoms with van der Waals surface area (Å²) in [5, 5.41) is 12.9. The third-order valence-electron chi connectivity index (χ3n) is 4.42. The number of carbonyl (C=O) groups excluding carboxylic acids is 2. The average molecular weight is 400 g/mol. The predicted octanol–water partition coefficient (Wildman–Crippen LogP) is 3.75. The van der Waals surface area contributed by atoms with Crippen LogP contribution in [-0.2, 0) is 27.2 Å². The van der Waals surface area contributed by atoms with Crippen LogP contribution in [0.4, 0.5) is 11.4 Å². The summed E-state index contributed by atoms with van der Waals surface area (Å²) in [6.45, 7) is 1.30. The van der Waals surface area contributed by atoms with E-state index in [2.05, 4.69) is 5.32 Å². The molecule has 1 amide bonds. The van der Waals surface area contributed by atoms with Crippen LogP contribution >= 0.6 is 11.8 Å². The maximum Gasteiger partial charge on any atom is 0.319 e. The first-order valence-electron chi connectivity index (χ1n) is 8.92. The molecule has 0 fully saturated rings. The van der Waals surface area contributed by atoms with Gasteiger partial charge < -0.3 is 10.1 Å². The number of esters is 1. The highest BCUT2D eigenvalue weighted by molar-refractivity contribution is 8.00. The highest BCUT2D eigenvalue weighted by Gasteiger charge is 2.18. The molecule has 0 unspecified atom stereocenters. The van der Waals surface area contributed by atoms with E-state index in [9.17, 15) is 19.7 Å². The lowest BCUT2D eigenvalue weighted by atomic mass is 10.1. The number of nitrogens with one attached hydrogen (secondary N) is 1. The molecule has 0 spiro atoms. The number of nitro benzene ring substituents is 1. The third-order valence-corrected chi connectivity index (χ3v) is 5.51. The normalized spacial score (nSPS) is 13.5. The molecule has 0 aliphatic heterocycles. The zero-order valence-electron chi connectivity index (χ0n) is 15.3. The largest absolute Gasteiger partial charge is 0.455 e. The molecule has 146 valence electrons. The van der Waals surface area contributed by atoms with Crippen molar-refractivity contribution in [1.82, 2.24) is 0 Å². The molecule has 1 atom stereocenters. The number of nitrogens with zero attached hydrogens (tertiary/aromatic N) is 1. The van der Waals surface area contributed by atoms with E-state index in [1.807, 2.05) is 18.2 Å². The van der Waals surface area contributed by atoms with Gasteiger partial charge in [-0.25, -0.2) is 0 Å². The highest BCUT2D eigenvalue weighted by Crippen LogP contribution is 2.26. The second-order valence-corrected chi connectivity index (χ2v) is 7.92. The number of fused-ring (bicyclic) bond motifs is 1. The Labute approximate surface area is 166 Å². The lowest BCUT2D eigenvalue weighted by Crippen LogP contribution is -2.24. The van der Waals surface area contributed by atoms with E-state index in [1.165, 1.54) is 35.0 Å². The summed E-state index contributed by atoms with van der Waals surface area (Å²) in [5.41, 5.74) is 3.27. The number of hydrogen-bond acceptors (Lipinski definition) is 6. The number of anilines is 1. The summed E-state index contributed by atoms with van der Waals surface area (Å²) < 4.78 is 5.08. The quantitative estimate of drug-likeness (QED) is 0.329. The summed E-state index contributed by atoms with van der Waals surface area (Å²) in [5.74, 6) is -0.911. The number of rotatable bonds is 7. The van der Waals surface area contributed by atoms with Crippen LogP contribution in [0, 0.1) is 10.1 Å². The van der Waals surface area contributed by atoms with E-state index in [-0.39, 0.29) is 18.2 Å². The van der Waals surface area contributed by atoms with Crippen molar-refractivity contribution in [3.8, 4) is 0 Å². The standard InChI is InChI=1S/C20H20N2O5S/c1-13(28-18-9-7-17(8-10-18)22(25)26)20(24)27-12-19(23)21-16-6-5-14-3-2-4-15(14)11-16/h5-11,13H,2-4,12H2,1H3,(H,21,23)/t13-/m0/s1.